The van der Waals surface area contributed by atoms with Gasteiger partial charge < -0.3 is 9.84 Å². The Bertz CT molecular complexity index is 398. The molecule has 86 valence electrons. The number of Topliss-reactive ketones (excluding diaryl/α,β-unsaturated/α-hetero) is 1. The Labute approximate surface area is 93.9 Å². The van der Waals surface area contributed by atoms with E-state index in [1.165, 1.54) is 7.11 Å². The number of carbonyl (C=O) groups excluding carboxylic acids is 1. The lowest BCUT2D eigenvalue weighted by molar-refractivity contribution is -0.137. The minimum Gasteiger partial charge on any atom is -0.497 e. The van der Waals surface area contributed by atoms with Gasteiger partial charge >= 0.3 is 5.97 Å². The summed E-state index contributed by atoms with van der Waals surface area (Å²) in [6.45, 7) is 1.61. The summed E-state index contributed by atoms with van der Waals surface area (Å²) in [4.78, 5) is 22.3. The van der Waals surface area contributed by atoms with Crippen LogP contribution in [0, 0.1) is 5.92 Å². The molecule has 0 spiro atoms. The Morgan fingerprint density at radius 3 is 2.69 bits per heavy atom. The minimum absolute atomic E-state index is 0.157. The summed E-state index contributed by atoms with van der Waals surface area (Å²) in [5, 5.41) is 8.60. The lowest BCUT2D eigenvalue weighted by atomic mass is 9.96. The molecule has 0 heterocycles. The summed E-state index contributed by atoms with van der Waals surface area (Å²) in [5.74, 6) is -1.08. The number of aliphatic carboxylic acids is 1. The number of hydrogen-bond acceptors (Lipinski definition) is 3. The van der Waals surface area contributed by atoms with Crippen LogP contribution in [0.15, 0.2) is 24.3 Å². The van der Waals surface area contributed by atoms with Gasteiger partial charge in [-0.05, 0) is 12.1 Å². The number of hydrogen-bond donors (Lipinski definition) is 1. The third-order valence-corrected chi connectivity index (χ3v) is 2.28. The van der Waals surface area contributed by atoms with E-state index in [2.05, 4.69) is 0 Å². The zero-order valence-corrected chi connectivity index (χ0v) is 9.27. The predicted octanol–water partition coefficient (Wildman–Crippen LogP) is 1.99. The maximum Gasteiger partial charge on any atom is 0.304 e. The van der Waals surface area contributed by atoms with E-state index in [-0.39, 0.29) is 12.2 Å². The summed E-state index contributed by atoms with van der Waals surface area (Å²) in [7, 11) is 1.52. The molecule has 1 aromatic rings. The molecule has 0 saturated heterocycles. The molecule has 0 aromatic heterocycles. The van der Waals surface area contributed by atoms with Crippen LogP contribution in [-0.4, -0.2) is 24.0 Å². The molecule has 1 atom stereocenters. The first-order chi connectivity index (χ1) is 7.54. The number of ketones is 1. The first kappa shape index (κ1) is 12.2. The second-order valence-electron chi connectivity index (χ2n) is 3.60. The lowest BCUT2D eigenvalue weighted by Crippen LogP contribution is -2.15. The van der Waals surface area contributed by atoms with Crippen LogP contribution in [0.3, 0.4) is 0 Å². The molecule has 0 aliphatic rings. The zero-order valence-electron chi connectivity index (χ0n) is 9.27. The van der Waals surface area contributed by atoms with E-state index >= 15 is 0 Å². The summed E-state index contributed by atoms with van der Waals surface area (Å²) in [6, 6.07) is 6.71. The van der Waals surface area contributed by atoms with Crippen LogP contribution >= 0.6 is 0 Å². The van der Waals surface area contributed by atoms with Crippen LogP contribution in [0.1, 0.15) is 23.7 Å². The van der Waals surface area contributed by atoms with Crippen LogP contribution in [-0.2, 0) is 4.79 Å². The molecule has 1 unspecified atom stereocenters. The zero-order chi connectivity index (χ0) is 12.1. The number of carboxylic acids is 1. The second kappa shape index (κ2) is 5.30. The third kappa shape index (κ3) is 3.08. The van der Waals surface area contributed by atoms with Crippen LogP contribution in [0.5, 0.6) is 5.75 Å². The molecule has 0 radical (unpaired) electrons. The van der Waals surface area contributed by atoms with E-state index in [0.29, 0.717) is 11.3 Å². The van der Waals surface area contributed by atoms with Crippen LogP contribution in [0.25, 0.3) is 0 Å². The highest BCUT2D eigenvalue weighted by atomic mass is 16.5. The molecule has 1 N–H and O–H groups in total. The Balaban J connectivity index is 2.83. The van der Waals surface area contributed by atoms with Gasteiger partial charge in [0.1, 0.15) is 5.75 Å². The van der Waals surface area contributed by atoms with Gasteiger partial charge in [0.05, 0.1) is 13.5 Å². The smallest absolute Gasteiger partial charge is 0.304 e. The third-order valence-electron chi connectivity index (χ3n) is 2.28. The lowest BCUT2D eigenvalue weighted by Gasteiger charge is -2.08. The van der Waals surface area contributed by atoms with E-state index in [4.69, 9.17) is 9.84 Å². The molecule has 16 heavy (non-hydrogen) atoms. The van der Waals surface area contributed by atoms with Crippen molar-refractivity contribution in [2.24, 2.45) is 5.92 Å². The van der Waals surface area contributed by atoms with Crippen molar-refractivity contribution in [2.75, 3.05) is 7.11 Å². The Hall–Kier alpha value is -1.84. The highest BCUT2D eigenvalue weighted by Crippen LogP contribution is 2.17. The average molecular weight is 222 g/mol. The van der Waals surface area contributed by atoms with Crippen molar-refractivity contribution >= 4 is 11.8 Å². The van der Waals surface area contributed by atoms with Crippen molar-refractivity contribution in [1.82, 2.24) is 0 Å². The molecule has 0 bridgehead atoms. The van der Waals surface area contributed by atoms with Crippen molar-refractivity contribution < 1.29 is 19.4 Å². The Morgan fingerprint density at radius 2 is 2.12 bits per heavy atom. The summed E-state index contributed by atoms with van der Waals surface area (Å²) in [6.07, 6.45) is -0.157. The minimum atomic E-state index is -0.969. The molecule has 0 saturated carbocycles. The molecule has 0 aliphatic carbocycles. The monoisotopic (exact) mass is 222 g/mol. The SMILES string of the molecule is COc1cccc(C(=O)C(C)CC(=O)O)c1. The van der Waals surface area contributed by atoms with Gasteiger partial charge in [-0.3, -0.25) is 9.59 Å². The Morgan fingerprint density at radius 1 is 1.44 bits per heavy atom. The number of carboxylic acid groups (broad SMARTS) is 1. The first-order valence-corrected chi connectivity index (χ1v) is 4.94. The molecule has 0 fully saturated rings. The van der Waals surface area contributed by atoms with E-state index in [9.17, 15) is 9.59 Å². The quantitative estimate of drug-likeness (QED) is 0.774. The van der Waals surface area contributed by atoms with E-state index < -0.39 is 11.9 Å². The average Bonchev–Trinajstić information content (AvgIpc) is 2.27. The normalized spacial score (nSPS) is 11.9. The number of methoxy groups -OCH3 is 1. The topological polar surface area (TPSA) is 63.6 Å². The van der Waals surface area contributed by atoms with Gasteiger partial charge in [0.2, 0.25) is 0 Å². The summed E-state index contributed by atoms with van der Waals surface area (Å²) >= 11 is 0. The fourth-order valence-electron chi connectivity index (χ4n) is 1.42. The van der Waals surface area contributed by atoms with Gasteiger partial charge in [-0.15, -0.1) is 0 Å². The summed E-state index contributed by atoms with van der Waals surface area (Å²) in [5.41, 5.74) is 0.480. The molecule has 1 aromatic carbocycles. The van der Waals surface area contributed by atoms with Crippen molar-refractivity contribution in [3.8, 4) is 5.75 Å². The number of benzene rings is 1. The number of ether oxygens (including phenoxy) is 1. The highest BCUT2D eigenvalue weighted by molar-refractivity contribution is 5.99. The van der Waals surface area contributed by atoms with E-state index in [0.717, 1.165) is 0 Å². The van der Waals surface area contributed by atoms with Gasteiger partial charge in [-0.2, -0.15) is 0 Å². The van der Waals surface area contributed by atoms with Crippen molar-refractivity contribution in [1.29, 1.82) is 0 Å². The van der Waals surface area contributed by atoms with Gasteiger partial charge in [0, 0.05) is 11.5 Å². The summed E-state index contributed by atoms with van der Waals surface area (Å²) < 4.78 is 5.00. The van der Waals surface area contributed by atoms with E-state index in [1.54, 1.807) is 31.2 Å². The molecule has 1 rings (SSSR count). The van der Waals surface area contributed by atoms with Gasteiger partial charge in [-0.25, -0.2) is 0 Å². The molecule has 0 amide bonds. The largest absolute Gasteiger partial charge is 0.497 e. The number of rotatable bonds is 5. The highest BCUT2D eigenvalue weighted by Gasteiger charge is 2.18. The Kier molecular flexibility index (Phi) is 4.05. The molecule has 4 heteroatoms. The molecule has 4 nitrogen and oxygen atoms in total. The maximum atomic E-state index is 11.8. The fourth-order valence-corrected chi connectivity index (χ4v) is 1.42. The maximum absolute atomic E-state index is 11.8. The predicted molar refractivity (Wildman–Crippen MR) is 58.7 cm³/mol. The van der Waals surface area contributed by atoms with Crippen molar-refractivity contribution in [3.63, 3.8) is 0 Å². The number of carbonyl (C=O) groups is 2. The first-order valence-electron chi connectivity index (χ1n) is 4.94. The van der Waals surface area contributed by atoms with Gasteiger partial charge in [0.15, 0.2) is 5.78 Å². The molecule has 0 aliphatic heterocycles. The van der Waals surface area contributed by atoms with Crippen LogP contribution in [0.2, 0.25) is 0 Å². The van der Waals surface area contributed by atoms with Gasteiger partial charge in [0.25, 0.3) is 0 Å². The van der Waals surface area contributed by atoms with Crippen LogP contribution in [0.4, 0.5) is 0 Å². The second-order valence-corrected chi connectivity index (χ2v) is 3.60. The molecular weight excluding hydrogens is 208 g/mol. The van der Waals surface area contributed by atoms with Crippen molar-refractivity contribution in [2.45, 2.75) is 13.3 Å². The fraction of sp³-hybridized carbons (Fsp3) is 0.333. The van der Waals surface area contributed by atoms with Crippen molar-refractivity contribution in [3.05, 3.63) is 29.8 Å². The molecular formula is C12H14O4. The standard InChI is InChI=1S/C12H14O4/c1-8(6-11(13)14)12(15)9-4-3-5-10(7-9)16-2/h3-5,7-8H,6H2,1-2H3,(H,13,14). The van der Waals surface area contributed by atoms with E-state index in [1.807, 2.05) is 0 Å². The van der Waals surface area contributed by atoms with Gasteiger partial charge in [-0.1, -0.05) is 19.1 Å². The van der Waals surface area contributed by atoms with Crippen LogP contribution < -0.4 is 4.74 Å².